The molecule has 31 heavy (non-hydrogen) atoms. The molecule has 0 saturated heterocycles. The molecule has 1 aromatic rings. The Labute approximate surface area is 184 Å². The van der Waals surface area contributed by atoms with E-state index in [2.05, 4.69) is 10.6 Å². The van der Waals surface area contributed by atoms with Crippen molar-refractivity contribution >= 4 is 17.9 Å². The second-order valence-corrected chi connectivity index (χ2v) is 9.36. The molecule has 0 bridgehead atoms. The zero-order valence-electron chi connectivity index (χ0n) is 19.3. The fraction of sp³-hybridized carbons (Fsp3) is 0.609. The number of nitrogens with zero attached hydrogens (tertiary/aromatic N) is 1. The summed E-state index contributed by atoms with van der Waals surface area (Å²) in [6, 6.07) is 4.32. The van der Waals surface area contributed by atoms with E-state index in [0.717, 1.165) is 19.3 Å². The largest absolute Gasteiger partial charge is 0.508 e. The Bertz CT molecular complexity index is 781. The average Bonchev–Trinajstić information content (AvgIpc) is 2.58. The van der Waals surface area contributed by atoms with E-state index in [1.807, 2.05) is 13.8 Å². The summed E-state index contributed by atoms with van der Waals surface area (Å²) >= 11 is 0. The van der Waals surface area contributed by atoms with Gasteiger partial charge in [0.1, 0.15) is 23.4 Å². The molecule has 1 fully saturated rings. The summed E-state index contributed by atoms with van der Waals surface area (Å²) in [6.45, 7) is 10.5. The number of ether oxygens (including phenoxy) is 1. The highest BCUT2D eigenvalue weighted by molar-refractivity contribution is 5.92. The Hall–Kier alpha value is -2.77. The van der Waals surface area contributed by atoms with Gasteiger partial charge < -0.3 is 25.4 Å². The summed E-state index contributed by atoms with van der Waals surface area (Å²) in [5.41, 5.74) is -0.0904. The minimum Gasteiger partial charge on any atom is -0.508 e. The molecule has 2 rings (SSSR count). The maximum absolute atomic E-state index is 13.5. The number of rotatable bonds is 7. The molecule has 2 atom stereocenters. The Kier molecular flexibility index (Phi) is 7.92. The van der Waals surface area contributed by atoms with Gasteiger partial charge in [-0.05, 0) is 78.5 Å². The zero-order valence-corrected chi connectivity index (χ0v) is 19.3. The number of aromatic hydroxyl groups is 1. The molecular formula is C23H35N3O5. The number of hydrogen-bond acceptors (Lipinski definition) is 5. The van der Waals surface area contributed by atoms with E-state index in [9.17, 15) is 19.5 Å². The van der Waals surface area contributed by atoms with E-state index >= 15 is 0 Å². The van der Waals surface area contributed by atoms with Gasteiger partial charge in [0.25, 0.3) is 0 Å². The second-order valence-electron chi connectivity index (χ2n) is 9.36. The number of hydrogen-bond donors (Lipinski definition) is 3. The van der Waals surface area contributed by atoms with Crippen LogP contribution < -0.4 is 10.6 Å². The minimum atomic E-state index is -0.873. The number of amides is 3. The molecule has 8 nitrogen and oxygen atoms in total. The van der Waals surface area contributed by atoms with Crippen LogP contribution >= 0.6 is 0 Å². The SMILES string of the molecule is CC(C)NC(=O)C(c1ccc(O)cc1)N(C(=O)C(C)NC(=O)OC(C)(C)C)C1CCC1. The third kappa shape index (κ3) is 6.87. The lowest BCUT2D eigenvalue weighted by atomic mass is 9.88. The first kappa shape index (κ1) is 24.5. The number of nitrogens with one attached hydrogen (secondary N) is 2. The lowest BCUT2D eigenvalue weighted by molar-refractivity contribution is -0.147. The molecule has 3 amide bonds. The van der Waals surface area contributed by atoms with Gasteiger partial charge in [-0.3, -0.25) is 9.59 Å². The van der Waals surface area contributed by atoms with Crippen LogP contribution in [0.3, 0.4) is 0 Å². The number of phenolic OH excluding ortho intramolecular Hbond substituents is 1. The standard InChI is InChI=1S/C23H35N3O5/c1-14(2)24-20(28)19(16-10-12-18(27)13-11-16)26(17-8-7-9-17)21(29)15(3)25-22(30)31-23(4,5)6/h10-15,17,19,27H,7-9H2,1-6H3,(H,24,28)(H,25,30). The molecule has 1 aliphatic rings. The van der Waals surface area contributed by atoms with E-state index in [0.29, 0.717) is 5.56 Å². The zero-order chi connectivity index (χ0) is 23.3. The predicted molar refractivity (Wildman–Crippen MR) is 117 cm³/mol. The highest BCUT2D eigenvalue weighted by Crippen LogP contribution is 2.34. The second kappa shape index (κ2) is 10.0. The summed E-state index contributed by atoms with van der Waals surface area (Å²) in [5.74, 6) is -0.578. The van der Waals surface area contributed by atoms with Crippen LogP contribution in [0.1, 0.15) is 72.4 Å². The fourth-order valence-corrected chi connectivity index (χ4v) is 3.41. The van der Waals surface area contributed by atoms with Gasteiger partial charge in [-0.2, -0.15) is 0 Å². The van der Waals surface area contributed by atoms with Crippen molar-refractivity contribution in [1.82, 2.24) is 15.5 Å². The first-order valence-corrected chi connectivity index (χ1v) is 10.8. The van der Waals surface area contributed by atoms with E-state index in [4.69, 9.17) is 4.74 Å². The summed E-state index contributed by atoms with van der Waals surface area (Å²) in [5, 5.41) is 15.2. The Morgan fingerprint density at radius 1 is 1.06 bits per heavy atom. The monoisotopic (exact) mass is 433 g/mol. The van der Waals surface area contributed by atoms with Gasteiger partial charge in [0.05, 0.1) is 0 Å². The summed E-state index contributed by atoms with van der Waals surface area (Å²) in [4.78, 5) is 40.4. The predicted octanol–water partition coefficient (Wildman–Crippen LogP) is 3.25. The van der Waals surface area contributed by atoms with E-state index in [1.165, 1.54) is 12.1 Å². The van der Waals surface area contributed by atoms with Gasteiger partial charge in [-0.25, -0.2) is 4.79 Å². The molecule has 0 aliphatic heterocycles. The van der Waals surface area contributed by atoms with Gasteiger partial charge in [-0.1, -0.05) is 12.1 Å². The lowest BCUT2D eigenvalue weighted by Gasteiger charge is -2.43. The minimum absolute atomic E-state index is 0.0771. The Morgan fingerprint density at radius 3 is 2.10 bits per heavy atom. The van der Waals surface area contributed by atoms with Crippen molar-refractivity contribution in [1.29, 1.82) is 0 Å². The quantitative estimate of drug-likeness (QED) is 0.612. The molecule has 0 radical (unpaired) electrons. The number of alkyl carbamates (subject to hydrolysis) is 1. The summed E-state index contributed by atoms with van der Waals surface area (Å²) in [7, 11) is 0. The fourth-order valence-electron chi connectivity index (χ4n) is 3.41. The molecule has 1 aromatic carbocycles. The number of benzene rings is 1. The molecule has 172 valence electrons. The average molecular weight is 434 g/mol. The van der Waals surface area contributed by atoms with Gasteiger partial charge in [0, 0.05) is 12.1 Å². The highest BCUT2D eigenvalue weighted by atomic mass is 16.6. The van der Waals surface area contributed by atoms with Crippen LogP contribution in [0, 0.1) is 0 Å². The molecule has 1 saturated carbocycles. The number of carbonyl (C=O) groups is 3. The van der Waals surface area contributed by atoms with Crippen LogP contribution in [-0.2, 0) is 14.3 Å². The van der Waals surface area contributed by atoms with Crippen molar-refractivity contribution in [3.63, 3.8) is 0 Å². The van der Waals surface area contributed by atoms with Gasteiger partial charge in [0.15, 0.2) is 0 Å². The molecule has 0 heterocycles. The van der Waals surface area contributed by atoms with E-state index < -0.39 is 23.8 Å². The van der Waals surface area contributed by atoms with E-state index in [-0.39, 0.29) is 29.6 Å². The maximum atomic E-state index is 13.5. The third-order valence-corrected chi connectivity index (χ3v) is 4.99. The lowest BCUT2D eigenvalue weighted by Crippen LogP contribution is -2.57. The summed E-state index contributed by atoms with van der Waals surface area (Å²) < 4.78 is 5.27. The molecule has 3 N–H and O–H groups in total. The van der Waals surface area contributed by atoms with Crippen molar-refractivity contribution in [3.8, 4) is 5.75 Å². The molecule has 8 heteroatoms. The van der Waals surface area contributed by atoms with Gasteiger partial charge >= 0.3 is 6.09 Å². The van der Waals surface area contributed by atoms with Crippen molar-refractivity contribution in [2.45, 2.75) is 90.6 Å². The first-order chi connectivity index (χ1) is 14.4. The number of carbonyl (C=O) groups excluding carboxylic acids is 3. The number of phenols is 1. The Balaban J connectivity index is 2.34. The van der Waals surface area contributed by atoms with Gasteiger partial charge in [0.2, 0.25) is 11.8 Å². The molecule has 2 unspecified atom stereocenters. The third-order valence-electron chi connectivity index (χ3n) is 4.99. The van der Waals surface area contributed by atoms with E-state index in [1.54, 1.807) is 44.7 Å². The Morgan fingerprint density at radius 2 is 1.65 bits per heavy atom. The molecule has 0 spiro atoms. The molecule has 0 aromatic heterocycles. The van der Waals surface area contributed by atoms with Crippen LogP contribution in [-0.4, -0.2) is 51.6 Å². The van der Waals surface area contributed by atoms with Crippen molar-refractivity contribution in [3.05, 3.63) is 29.8 Å². The van der Waals surface area contributed by atoms with Crippen LogP contribution in [0.2, 0.25) is 0 Å². The van der Waals surface area contributed by atoms with Crippen LogP contribution in [0.5, 0.6) is 5.75 Å². The normalized spacial score (nSPS) is 16.1. The smallest absolute Gasteiger partial charge is 0.408 e. The van der Waals surface area contributed by atoms with Crippen LogP contribution in [0.4, 0.5) is 4.79 Å². The summed E-state index contributed by atoms with van der Waals surface area (Å²) in [6.07, 6.45) is 1.86. The highest BCUT2D eigenvalue weighted by Gasteiger charge is 2.41. The van der Waals surface area contributed by atoms with Crippen LogP contribution in [0.15, 0.2) is 24.3 Å². The molecular weight excluding hydrogens is 398 g/mol. The van der Waals surface area contributed by atoms with Crippen molar-refractivity contribution in [2.75, 3.05) is 0 Å². The van der Waals surface area contributed by atoms with Gasteiger partial charge in [-0.15, -0.1) is 0 Å². The first-order valence-electron chi connectivity index (χ1n) is 10.8. The van der Waals surface area contributed by atoms with Crippen molar-refractivity contribution < 1.29 is 24.2 Å². The molecule has 1 aliphatic carbocycles. The topological polar surface area (TPSA) is 108 Å². The van der Waals surface area contributed by atoms with Crippen LogP contribution in [0.25, 0.3) is 0 Å². The maximum Gasteiger partial charge on any atom is 0.408 e. The van der Waals surface area contributed by atoms with Crippen molar-refractivity contribution in [2.24, 2.45) is 0 Å².